The summed E-state index contributed by atoms with van der Waals surface area (Å²) >= 11 is 1.23. The molecule has 2 heterocycles. The Morgan fingerprint density at radius 1 is 1.47 bits per heavy atom. The lowest BCUT2D eigenvalue weighted by Gasteiger charge is -2.04. The molecule has 0 aliphatic heterocycles. The fourth-order valence-electron chi connectivity index (χ4n) is 1.23. The quantitative estimate of drug-likeness (QED) is 0.844. The van der Waals surface area contributed by atoms with Gasteiger partial charge in [0.15, 0.2) is 5.82 Å². The summed E-state index contributed by atoms with van der Waals surface area (Å²) in [6.07, 6.45) is 4.64. The van der Waals surface area contributed by atoms with Gasteiger partial charge in [0.1, 0.15) is 5.03 Å². The van der Waals surface area contributed by atoms with E-state index in [1.54, 1.807) is 17.1 Å². The molecule has 0 saturated heterocycles. The minimum absolute atomic E-state index is 0.295. The number of rotatable bonds is 4. The van der Waals surface area contributed by atoms with Crippen molar-refractivity contribution in [1.29, 1.82) is 0 Å². The number of nitrogens with zero attached hydrogens (tertiary/aromatic N) is 4. The van der Waals surface area contributed by atoms with Crippen LogP contribution in [0.2, 0.25) is 0 Å². The monoisotopic (exact) mass is 253 g/mol. The van der Waals surface area contributed by atoms with Crippen LogP contribution in [-0.4, -0.2) is 26.3 Å². The fraction of sp³-hybridized carbons (Fsp3) is 0.300. The highest BCUT2D eigenvalue weighted by molar-refractivity contribution is 7.99. The van der Waals surface area contributed by atoms with Gasteiger partial charge in [0.2, 0.25) is 5.95 Å². The zero-order valence-electron chi connectivity index (χ0n) is 9.51. The SMILES string of the molecule is CCNc1ncc(F)c(Sc2cnn(C)c2)n1. The highest BCUT2D eigenvalue weighted by Crippen LogP contribution is 2.27. The van der Waals surface area contributed by atoms with Gasteiger partial charge in [-0.3, -0.25) is 4.68 Å². The lowest BCUT2D eigenvalue weighted by Crippen LogP contribution is -2.03. The van der Waals surface area contributed by atoms with Crippen LogP contribution in [0.1, 0.15) is 6.92 Å². The zero-order valence-corrected chi connectivity index (χ0v) is 10.3. The average Bonchev–Trinajstić information content (AvgIpc) is 2.69. The molecule has 0 bridgehead atoms. The molecule has 0 amide bonds. The molecule has 2 aromatic rings. The minimum atomic E-state index is -0.430. The van der Waals surface area contributed by atoms with Crippen molar-refractivity contribution in [3.05, 3.63) is 24.4 Å². The Hall–Kier alpha value is -1.63. The standard InChI is InChI=1S/C10H12FN5S/c1-3-12-10-13-5-8(11)9(15-10)17-7-4-14-16(2)6-7/h4-6H,3H2,1-2H3,(H,12,13,15). The second-order valence-corrected chi connectivity index (χ2v) is 4.39. The maximum atomic E-state index is 13.5. The number of hydrogen-bond donors (Lipinski definition) is 1. The smallest absolute Gasteiger partial charge is 0.223 e. The summed E-state index contributed by atoms with van der Waals surface area (Å²) < 4.78 is 15.2. The first-order chi connectivity index (χ1) is 8.19. The summed E-state index contributed by atoms with van der Waals surface area (Å²) in [5.74, 6) is 0.000737. The Morgan fingerprint density at radius 2 is 2.29 bits per heavy atom. The summed E-state index contributed by atoms with van der Waals surface area (Å²) in [5.41, 5.74) is 0. The van der Waals surface area contributed by atoms with Crippen LogP contribution in [0.5, 0.6) is 0 Å². The number of halogens is 1. The molecular formula is C10H12FN5S. The third kappa shape index (κ3) is 2.94. The van der Waals surface area contributed by atoms with E-state index >= 15 is 0 Å². The van der Waals surface area contributed by atoms with Crippen molar-refractivity contribution >= 4 is 17.7 Å². The molecule has 2 aromatic heterocycles. The van der Waals surface area contributed by atoms with Crippen LogP contribution in [-0.2, 0) is 7.05 Å². The van der Waals surface area contributed by atoms with Crippen LogP contribution in [0.25, 0.3) is 0 Å². The summed E-state index contributed by atoms with van der Waals surface area (Å²) in [4.78, 5) is 8.78. The predicted octanol–water partition coefficient (Wildman–Crippen LogP) is 1.93. The van der Waals surface area contributed by atoms with Gasteiger partial charge in [0.05, 0.1) is 17.3 Å². The molecule has 0 spiro atoms. The number of anilines is 1. The molecule has 0 fully saturated rings. The maximum absolute atomic E-state index is 13.5. The van der Waals surface area contributed by atoms with Gasteiger partial charge in [-0.1, -0.05) is 11.8 Å². The van der Waals surface area contributed by atoms with Crippen molar-refractivity contribution < 1.29 is 4.39 Å². The van der Waals surface area contributed by atoms with E-state index in [1.165, 1.54) is 18.0 Å². The van der Waals surface area contributed by atoms with Gasteiger partial charge in [0, 0.05) is 19.8 Å². The molecule has 0 saturated carbocycles. The van der Waals surface area contributed by atoms with E-state index in [2.05, 4.69) is 20.4 Å². The highest BCUT2D eigenvalue weighted by Gasteiger charge is 2.09. The third-order valence-corrected chi connectivity index (χ3v) is 2.87. The van der Waals surface area contributed by atoms with Gasteiger partial charge in [-0.15, -0.1) is 0 Å². The van der Waals surface area contributed by atoms with Gasteiger partial charge in [-0.05, 0) is 6.92 Å². The van der Waals surface area contributed by atoms with Gasteiger partial charge < -0.3 is 5.32 Å². The van der Waals surface area contributed by atoms with Crippen molar-refractivity contribution in [2.45, 2.75) is 16.8 Å². The van der Waals surface area contributed by atoms with E-state index in [4.69, 9.17) is 0 Å². The van der Waals surface area contributed by atoms with E-state index in [0.29, 0.717) is 17.5 Å². The topological polar surface area (TPSA) is 55.6 Å². The summed E-state index contributed by atoms with van der Waals surface area (Å²) in [6, 6.07) is 0. The van der Waals surface area contributed by atoms with Gasteiger partial charge in [-0.25, -0.2) is 14.4 Å². The lowest BCUT2D eigenvalue weighted by atomic mass is 10.6. The molecule has 90 valence electrons. The van der Waals surface area contributed by atoms with Crippen molar-refractivity contribution in [3.63, 3.8) is 0 Å². The minimum Gasteiger partial charge on any atom is -0.354 e. The summed E-state index contributed by atoms with van der Waals surface area (Å²) in [5, 5.41) is 7.25. The van der Waals surface area contributed by atoms with Crippen LogP contribution < -0.4 is 5.32 Å². The molecular weight excluding hydrogens is 241 g/mol. The number of aryl methyl sites for hydroxylation is 1. The molecule has 5 nitrogen and oxygen atoms in total. The molecule has 0 radical (unpaired) electrons. The van der Waals surface area contributed by atoms with E-state index in [9.17, 15) is 4.39 Å². The normalized spacial score (nSPS) is 10.5. The lowest BCUT2D eigenvalue weighted by molar-refractivity contribution is 0.580. The molecule has 7 heteroatoms. The molecule has 0 aliphatic carbocycles. The first-order valence-electron chi connectivity index (χ1n) is 5.12. The first-order valence-corrected chi connectivity index (χ1v) is 5.93. The van der Waals surface area contributed by atoms with E-state index in [0.717, 1.165) is 4.90 Å². The van der Waals surface area contributed by atoms with Crippen molar-refractivity contribution in [2.24, 2.45) is 7.05 Å². The van der Waals surface area contributed by atoms with Crippen LogP contribution in [0.15, 0.2) is 28.5 Å². The highest BCUT2D eigenvalue weighted by atomic mass is 32.2. The van der Waals surface area contributed by atoms with Crippen LogP contribution >= 0.6 is 11.8 Å². The maximum Gasteiger partial charge on any atom is 0.223 e. The van der Waals surface area contributed by atoms with Gasteiger partial charge in [0.25, 0.3) is 0 Å². The Bertz CT molecular complexity index is 513. The van der Waals surface area contributed by atoms with E-state index < -0.39 is 5.82 Å². The van der Waals surface area contributed by atoms with Crippen molar-refractivity contribution in [1.82, 2.24) is 19.7 Å². The van der Waals surface area contributed by atoms with Gasteiger partial charge in [-0.2, -0.15) is 5.10 Å². The predicted molar refractivity (Wildman–Crippen MR) is 63.5 cm³/mol. The van der Waals surface area contributed by atoms with Crippen LogP contribution in [0.4, 0.5) is 10.3 Å². The van der Waals surface area contributed by atoms with Crippen LogP contribution in [0, 0.1) is 5.82 Å². The molecule has 0 atom stereocenters. The Balaban J connectivity index is 2.22. The fourth-order valence-corrected chi connectivity index (χ4v) is 2.04. The number of nitrogens with one attached hydrogen (secondary N) is 1. The summed E-state index contributed by atoms with van der Waals surface area (Å²) in [6.45, 7) is 2.63. The van der Waals surface area contributed by atoms with Crippen molar-refractivity contribution in [3.8, 4) is 0 Å². The van der Waals surface area contributed by atoms with Gasteiger partial charge >= 0.3 is 0 Å². The Kier molecular flexibility index (Phi) is 3.58. The Morgan fingerprint density at radius 3 is 2.94 bits per heavy atom. The van der Waals surface area contributed by atoms with Crippen molar-refractivity contribution in [2.75, 3.05) is 11.9 Å². The number of aromatic nitrogens is 4. The molecule has 2 rings (SSSR count). The third-order valence-electron chi connectivity index (χ3n) is 1.94. The van der Waals surface area contributed by atoms with E-state index in [-0.39, 0.29) is 0 Å². The first kappa shape index (κ1) is 11.8. The number of hydrogen-bond acceptors (Lipinski definition) is 5. The largest absolute Gasteiger partial charge is 0.354 e. The second kappa shape index (κ2) is 5.13. The molecule has 1 N–H and O–H groups in total. The zero-order chi connectivity index (χ0) is 12.3. The van der Waals surface area contributed by atoms with E-state index in [1.807, 2.05) is 14.0 Å². The molecule has 0 aromatic carbocycles. The van der Waals surface area contributed by atoms with Crippen LogP contribution in [0.3, 0.4) is 0 Å². The summed E-state index contributed by atoms with van der Waals surface area (Å²) in [7, 11) is 1.81. The second-order valence-electron chi connectivity index (χ2n) is 3.33. The molecule has 0 aliphatic rings. The molecule has 0 unspecified atom stereocenters. The molecule has 17 heavy (non-hydrogen) atoms. The Labute approximate surface area is 102 Å². The average molecular weight is 253 g/mol.